The van der Waals surface area contributed by atoms with Gasteiger partial charge in [0.25, 0.3) is 11.5 Å². The van der Waals surface area contributed by atoms with Crippen LogP contribution in [0.15, 0.2) is 41.2 Å². The Morgan fingerprint density at radius 2 is 1.79 bits per heavy atom. The van der Waals surface area contributed by atoms with Crippen LogP contribution in [0.5, 0.6) is 0 Å². The third-order valence-corrected chi connectivity index (χ3v) is 4.05. The Morgan fingerprint density at radius 1 is 1.12 bits per heavy atom. The maximum atomic E-state index is 12.1. The normalized spacial score (nSPS) is 13.5. The summed E-state index contributed by atoms with van der Waals surface area (Å²) in [7, 11) is 0. The summed E-state index contributed by atoms with van der Waals surface area (Å²) in [4.78, 5) is 35.1. The van der Waals surface area contributed by atoms with Gasteiger partial charge in [0, 0.05) is 29.7 Å². The monoisotopic (exact) mass is 325 g/mol. The standard InChI is InChI=1S/C18H19N3O3/c1-12(22)13-2-6-15(7-3-13)18(24)19-10-11-21-17(23)9-8-16(20-21)14-4-5-14/h2-3,6-9,14H,4-5,10-11H2,1H3,(H,19,24). The van der Waals surface area contributed by atoms with Crippen molar-refractivity contribution in [2.24, 2.45) is 0 Å². The molecule has 24 heavy (non-hydrogen) atoms. The molecule has 124 valence electrons. The topological polar surface area (TPSA) is 81.1 Å². The van der Waals surface area contributed by atoms with Crippen molar-refractivity contribution in [3.8, 4) is 0 Å². The first kappa shape index (κ1) is 16.1. The lowest BCUT2D eigenvalue weighted by molar-refractivity contribution is 0.0949. The van der Waals surface area contributed by atoms with Crippen LogP contribution in [0, 0.1) is 0 Å². The molecule has 0 atom stereocenters. The molecule has 3 rings (SSSR count). The van der Waals surface area contributed by atoms with Crippen LogP contribution in [-0.2, 0) is 6.54 Å². The first-order valence-corrected chi connectivity index (χ1v) is 8.02. The quantitative estimate of drug-likeness (QED) is 0.821. The van der Waals surface area contributed by atoms with E-state index in [0.29, 0.717) is 30.1 Å². The average Bonchev–Trinajstić information content (AvgIpc) is 3.41. The van der Waals surface area contributed by atoms with Crippen molar-refractivity contribution in [1.82, 2.24) is 15.1 Å². The van der Waals surface area contributed by atoms with Crippen LogP contribution >= 0.6 is 0 Å². The second-order valence-corrected chi connectivity index (χ2v) is 5.98. The summed E-state index contributed by atoms with van der Waals surface area (Å²) in [6, 6.07) is 9.80. The van der Waals surface area contributed by atoms with E-state index in [1.807, 2.05) is 0 Å². The fourth-order valence-electron chi connectivity index (χ4n) is 2.46. The van der Waals surface area contributed by atoms with Crippen molar-refractivity contribution in [3.63, 3.8) is 0 Å². The van der Waals surface area contributed by atoms with Gasteiger partial charge in [0.1, 0.15) is 0 Å². The predicted molar refractivity (Wildman–Crippen MR) is 89.3 cm³/mol. The number of aromatic nitrogens is 2. The summed E-state index contributed by atoms with van der Waals surface area (Å²) in [5.74, 6) is 0.200. The van der Waals surface area contributed by atoms with Gasteiger partial charge in [-0.1, -0.05) is 12.1 Å². The minimum atomic E-state index is -0.239. The maximum absolute atomic E-state index is 12.1. The van der Waals surface area contributed by atoms with E-state index in [0.717, 1.165) is 18.5 Å². The minimum Gasteiger partial charge on any atom is -0.350 e. The van der Waals surface area contributed by atoms with Crippen molar-refractivity contribution in [1.29, 1.82) is 0 Å². The molecule has 1 aliphatic rings. The van der Waals surface area contributed by atoms with Gasteiger partial charge in [0.05, 0.1) is 12.2 Å². The van der Waals surface area contributed by atoms with E-state index in [1.165, 1.54) is 17.7 Å². The third-order valence-electron chi connectivity index (χ3n) is 4.05. The smallest absolute Gasteiger partial charge is 0.266 e. The highest BCUT2D eigenvalue weighted by molar-refractivity contribution is 5.97. The predicted octanol–water partition coefficient (Wildman–Crippen LogP) is 1.75. The Kier molecular flexibility index (Phi) is 4.55. The summed E-state index contributed by atoms with van der Waals surface area (Å²) >= 11 is 0. The number of carbonyl (C=O) groups is 2. The summed E-state index contributed by atoms with van der Waals surface area (Å²) in [5.41, 5.74) is 1.83. The molecule has 0 radical (unpaired) electrons. The first-order chi connectivity index (χ1) is 11.5. The number of nitrogens with zero attached hydrogens (tertiary/aromatic N) is 2. The van der Waals surface area contributed by atoms with Gasteiger partial charge < -0.3 is 5.32 Å². The van der Waals surface area contributed by atoms with Gasteiger partial charge in [-0.15, -0.1) is 0 Å². The van der Waals surface area contributed by atoms with E-state index in [2.05, 4.69) is 10.4 Å². The van der Waals surface area contributed by atoms with Gasteiger partial charge >= 0.3 is 0 Å². The molecule has 1 N–H and O–H groups in total. The Labute approximate surface area is 139 Å². The summed E-state index contributed by atoms with van der Waals surface area (Å²) in [6.45, 7) is 2.13. The lowest BCUT2D eigenvalue weighted by atomic mass is 10.1. The fraction of sp³-hybridized carbons (Fsp3) is 0.333. The molecule has 0 bridgehead atoms. The van der Waals surface area contributed by atoms with Crippen LogP contribution in [0.3, 0.4) is 0 Å². The van der Waals surface area contributed by atoms with Crippen LogP contribution in [0.4, 0.5) is 0 Å². The highest BCUT2D eigenvalue weighted by atomic mass is 16.2. The highest BCUT2D eigenvalue weighted by Gasteiger charge is 2.25. The van der Waals surface area contributed by atoms with Crippen molar-refractivity contribution in [2.75, 3.05) is 6.54 Å². The number of hydrogen-bond donors (Lipinski definition) is 1. The lowest BCUT2D eigenvalue weighted by Crippen LogP contribution is -2.32. The van der Waals surface area contributed by atoms with Crippen molar-refractivity contribution < 1.29 is 9.59 Å². The van der Waals surface area contributed by atoms with Crippen molar-refractivity contribution in [3.05, 3.63) is 63.6 Å². The molecule has 2 aromatic rings. The zero-order valence-electron chi connectivity index (χ0n) is 13.5. The Morgan fingerprint density at radius 3 is 2.42 bits per heavy atom. The number of amides is 1. The van der Waals surface area contributed by atoms with Crippen molar-refractivity contribution in [2.45, 2.75) is 32.2 Å². The van der Waals surface area contributed by atoms with Gasteiger partial charge in [-0.2, -0.15) is 5.10 Å². The van der Waals surface area contributed by atoms with Crippen LogP contribution in [0.1, 0.15) is 52.1 Å². The Hall–Kier alpha value is -2.76. The van der Waals surface area contributed by atoms with Crippen LogP contribution in [0.2, 0.25) is 0 Å². The number of ketones is 1. The SMILES string of the molecule is CC(=O)c1ccc(C(=O)NCCn2nc(C3CC3)ccc2=O)cc1. The number of rotatable bonds is 6. The van der Waals surface area contributed by atoms with Gasteiger partial charge in [0.2, 0.25) is 0 Å². The number of benzene rings is 1. The number of Topliss-reactive ketones (excluding diaryl/α,β-unsaturated/α-hetero) is 1. The number of carbonyl (C=O) groups excluding carboxylic acids is 2. The van der Waals surface area contributed by atoms with E-state index in [4.69, 9.17) is 0 Å². The van der Waals surface area contributed by atoms with Crippen LogP contribution in [0.25, 0.3) is 0 Å². The molecule has 1 fully saturated rings. The van der Waals surface area contributed by atoms with Gasteiger partial charge in [-0.25, -0.2) is 4.68 Å². The third kappa shape index (κ3) is 3.76. The molecular weight excluding hydrogens is 306 g/mol. The van der Waals surface area contributed by atoms with Crippen molar-refractivity contribution >= 4 is 11.7 Å². The number of hydrogen-bond acceptors (Lipinski definition) is 4. The number of nitrogens with one attached hydrogen (secondary N) is 1. The summed E-state index contributed by atoms with van der Waals surface area (Å²) < 4.78 is 1.40. The van der Waals surface area contributed by atoms with Crippen LogP contribution < -0.4 is 10.9 Å². The molecule has 1 aromatic heterocycles. The second-order valence-electron chi connectivity index (χ2n) is 5.98. The molecule has 0 unspecified atom stereocenters. The molecule has 0 saturated heterocycles. The molecule has 1 aromatic carbocycles. The highest BCUT2D eigenvalue weighted by Crippen LogP contribution is 2.38. The van der Waals surface area contributed by atoms with E-state index >= 15 is 0 Å². The molecule has 6 nitrogen and oxygen atoms in total. The van der Waals surface area contributed by atoms with E-state index in [-0.39, 0.29) is 17.2 Å². The average molecular weight is 325 g/mol. The van der Waals surface area contributed by atoms with E-state index in [9.17, 15) is 14.4 Å². The lowest BCUT2D eigenvalue weighted by Gasteiger charge is -2.08. The molecule has 1 saturated carbocycles. The van der Waals surface area contributed by atoms with E-state index in [1.54, 1.807) is 30.3 Å². The second kappa shape index (κ2) is 6.78. The van der Waals surface area contributed by atoms with Crippen LogP contribution in [-0.4, -0.2) is 28.0 Å². The zero-order chi connectivity index (χ0) is 17.1. The summed E-state index contributed by atoms with van der Waals surface area (Å²) in [5, 5.41) is 7.11. The molecule has 0 spiro atoms. The maximum Gasteiger partial charge on any atom is 0.266 e. The fourth-order valence-corrected chi connectivity index (χ4v) is 2.46. The van der Waals surface area contributed by atoms with E-state index < -0.39 is 0 Å². The molecule has 6 heteroatoms. The summed E-state index contributed by atoms with van der Waals surface area (Å²) in [6.07, 6.45) is 2.25. The molecule has 0 aliphatic heterocycles. The first-order valence-electron chi connectivity index (χ1n) is 8.02. The molecule has 1 amide bonds. The molecule has 1 heterocycles. The molecular formula is C18H19N3O3. The molecule has 1 aliphatic carbocycles. The van der Waals surface area contributed by atoms with Gasteiger partial charge in [-0.05, 0) is 38.0 Å². The van der Waals surface area contributed by atoms with Gasteiger partial charge in [-0.3, -0.25) is 14.4 Å². The minimum absolute atomic E-state index is 0.0389. The Bertz CT molecular complexity index is 820. The largest absolute Gasteiger partial charge is 0.350 e. The van der Waals surface area contributed by atoms with Gasteiger partial charge in [0.15, 0.2) is 5.78 Å². The Balaban J connectivity index is 1.58. The zero-order valence-corrected chi connectivity index (χ0v) is 13.5.